The summed E-state index contributed by atoms with van der Waals surface area (Å²) in [6.45, 7) is 10.8. The van der Waals surface area contributed by atoms with Gasteiger partial charge in [-0.1, -0.05) is 18.2 Å². The van der Waals surface area contributed by atoms with Gasteiger partial charge in [0.15, 0.2) is 0 Å². The van der Waals surface area contributed by atoms with Crippen molar-refractivity contribution < 1.29 is 0 Å². The molecule has 146 valence electrons. The highest BCUT2D eigenvalue weighted by Gasteiger charge is 2.21. The first-order chi connectivity index (χ1) is 13.4. The summed E-state index contributed by atoms with van der Waals surface area (Å²) in [6, 6.07) is 12.8. The fourth-order valence-electron chi connectivity index (χ4n) is 4.40. The summed E-state index contributed by atoms with van der Waals surface area (Å²) in [5, 5.41) is 4.32. The Morgan fingerprint density at radius 1 is 0.778 bits per heavy atom. The zero-order chi connectivity index (χ0) is 18.3. The van der Waals surface area contributed by atoms with Crippen LogP contribution in [-0.2, 0) is 6.54 Å². The number of anilines is 1. The first-order valence-corrected chi connectivity index (χ1v) is 10.6. The second-order valence-corrected chi connectivity index (χ2v) is 8.01. The molecule has 0 bridgehead atoms. The molecule has 0 radical (unpaired) electrons. The van der Waals surface area contributed by atoms with E-state index in [9.17, 15) is 0 Å². The van der Waals surface area contributed by atoms with Crippen LogP contribution in [-0.4, -0.2) is 71.9 Å². The van der Waals surface area contributed by atoms with Crippen LogP contribution in [0.1, 0.15) is 19.3 Å². The number of piperidine rings is 1. The van der Waals surface area contributed by atoms with Crippen LogP contribution in [0.2, 0.25) is 0 Å². The summed E-state index contributed by atoms with van der Waals surface area (Å²) in [4.78, 5) is 7.83. The molecular weight excluding hydrogens is 334 g/mol. The number of hydrogen-bond donors (Lipinski definition) is 0. The maximum absolute atomic E-state index is 4.32. The second kappa shape index (κ2) is 9.38. The fraction of sp³-hybridized carbons (Fsp3) is 0.591. The van der Waals surface area contributed by atoms with Crippen molar-refractivity contribution in [3.8, 4) is 0 Å². The number of aromatic nitrogens is 2. The number of hydrogen-bond acceptors (Lipinski definition) is 4. The standard InChI is InChI=1S/C22H33N5/c1-2-5-22(6-3-1)26-19-17-25(18-20-26)16-15-24-12-7-21(8-13-24)9-14-27-11-4-10-23-27/h1-6,10-11,21H,7-9,12-20H2. The second-order valence-electron chi connectivity index (χ2n) is 8.01. The van der Waals surface area contributed by atoms with Crippen molar-refractivity contribution in [3.63, 3.8) is 0 Å². The van der Waals surface area contributed by atoms with Crippen LogP contribution >= 0.6 is 0 Å². The summed E-state index contributed by atoms with van der Waals surface area (Å²) in [5.74, 6) is 0.875. The maximum atomic E-state index is 4.32. The third kappa shape index (κ3) is 5.33. The highest BCUT2D eigenvalue weighted by molar-refractivity contribution is 5.46. The molecule has 2 aromatic rings. The molecule has 0 atom stereocenters. The molecule has 0 saturated carbocycles. The molecule has 5 nitrogen and oxygen atoms in total. The van der Waals surface area contributed by atoms with Crippen molar-refractivity contribution in [2.24, 2.45) is 5.92 Å². The smallest absolute Gasteiger partial charge is 0.0489 e. The van der Waals surface area contributed by atoms with E-state index in [4.69, 9.17) is 0 Å². The molecule has 0 spiro atoms. The molecular formula is C22H33N5. The largest absolute Gasteiger partial charge is 0.369 e. The van der Waals surface area contributed by atoms with Crippen LogP contribution in [0, 0.1) is 5.92 Å². The molecule has 2 saturated heterocycles. The summed E-state index contributed by atoms with van der Waals surface area (Å²) in [7, 11) is 0. The predicted molar refractivity (Wildman–Crippen MR) is 111 cm³/mol. The Hall–Kier alpha value is -1.85. The van der Waals surface area contributed by atoms with Crippen LogP contribution in [0.3, 0.4) is 0 Å². The first kappa shape index (κ1) is 18.5. The van der Waals surface area contributed by atoms with Gasteiger partial charge in [-0.15, -0.1) is 0 Å². The van der Waals surface area contributed by atoms with Crippen LogP contribution in [0.15, 0.2) is 48.8 Å². The van der Waals surface area contributed by atoms with Crippen molar-refractivity contribution >= 4 is 5.69 Å². The molecule has 0 amide bonds. The third-order valence-corrected chi connectivity index (χ3v) is 6.26. The Labute approximate surface area is 163 Å². The van der Waals surface area contributed by atoms with Crippen molar-refractivity contribution in [3.05, 3.63) is 48.8 Å². The molecule has 2 aliphatic heterocycles. The molecule has 1 aromatic heterocycles. The summed E-state index contributed by atoms with van der Waals surface area (Å²) < 4.78 is 2.07. The molecule has 3 heterocycles. The molecule has 0 unspecified atom stereocenters. The van der Waals surface area contributed by atoms with Crippen molar-refractivity contribution in [2.45, 2.75) is 25.8 Å². The van der Waals surface area contributed by atoms with Gasteiger partial charge in [-0.25, -0.2) is 0 Å². The van der Waals surface area contributed by atoms with Gasteiger partial charge < -0.3 is 9.80 Å². The SMILES string of the molecule is c1ccc(N2CCN(CCN3CCC(CCn4cccn4)CC3)CC2)cc1. The highest BCUT2D eigenvalue weighted by atomic mass is 15.3. The Kier molecular flexibility index (Phi) is 6.43. The predicted octanol–water partition coefficient (Wildman–Crippen LogP) is 2.81. The van der Waals surface area contributed by atoms with E-state index in [1.807, 2.05) is 12.3 Å². The average Bonchev–Trinajstić information content (AvgIpc) is 3.26. The molecule has 27 heavy (non-hydrogen) atoms. The lowest BCUT2D eigenvalue weighted by Crippen LogP contribution is -2.49. The van der Waals surface area contributed by atoms with Gasteiger partial charge in [0.2, 0.25) is 0 Å². The van der Waals surface area contributed by atoms with Gasteiger partial charge in [0, 0.05) is 63.9 Å². The minimum absolute atomic E-state index is 0.875. The van der Waals surface area contributed by atoms with Crippen molar-refractivity contribution in [2.75, 3.05) is 57.3 Å². The zero-order valence-corrected chi connectivity index (χ0v) is 16.4. The average molecular weight is 368 g/mol. The van der Waals surface area contributed by atoms with E-state index in [-0.39, 0.29) is 0 Å². The minimum Gasteiger partial charge on any atom is -0.369 e. The summed E-state index contributed by atoms with van der Waals surface area (Å²) in [5.41, 5.74) is 1.37. The van der Waals surface area contributed by atoms with Gasteiger partial charge >= 0.3 is 0 Å². The Morgan fingerprint density at radius 3 is 2.15 bits per heavy atom. The van der Waals surface area contributed by atoms with Gasteiger partial charge in [-0.3, -0.25) is 9.58 Å². The van der Waals surface area contributed by atoms with Crippen molar-refractivity contribution in [1.29, 1.82) is 0 Å². The van der Waals surface area contributed by atoms with Crippen LogP contribution in [0.25, 0.3) is 0 Å². The number of likely N-dealkylation sites (tertiary alicyclic amines) is 1. The fourth-order valence-corrected chi connectivity index (χ4v) is 4.40. The first-order valence-electron chi connectivity index (χ1n) is 10.6. The summed E-state index contributed by atoms with van der Waals surface area (Å²) >= 11 is 0. The van der Waals surface area contributed by atoms with Crippen LogP contribution in [0.4, 0.5) is 5.69 Å². The topological polar surface area (TPSA) is 27.5 Å². The van der Waals surface area contributed by atoms with Gasteiger partial charge in [-0.2, -0.15) is 5.10 Å². The molecule has 2 fully saturated rings. The third-order valence-electron chi connectivity index (χ3n) is 6.26. The van der Waals surface area contributed by atoms with Gasteiger partial charge in [-0.05, 0) is 56.5 Å². The number of nitrogens with zero attached hydrogens (tertiary/aromatic N) is 5. The number of benzene rings is 1. The van der Waals surface area contributed by atoms with E-state index in [0.29, 0.717) is 0 Å². The maximum Gasteiger partial charge on any atom is 0.0489 e. The normalized spacial score (nSPS) is 20.2. The lowest BCUT2D eigenvalue weighted by molar-refractivity contribution is 0.147. The number of piperazine rings is 1. The summed E-state index contributed by atoms with van der Waals surface area (Å²) in [6.07, 6.45) is 7.93. The van der Waals surface area contributed by atoms with Crippen LogP contribution < -0.4 is 4.90 Å². The zero-order valence-electron chi connectivity index (χ0n) is 16.4. The Morgan fingerprint density at radius 2 is 1.48 bits per heavy atom. The van der Waals surface area contributed by atoms with E-state index in [1.165, 1.54) is 64.2 Å². The number of rotatable bonds is 7. The molecule has 0 aliphatic carbocycles. The Balaban J connectivity index is 1.11. The highest BCUT2D eigenvalue weighted by Crippen LogP contribution is 2.21. The minimum atomic E-state index is 0.875. The molecule has 2 aliphatic rings. The lowest BCUT2D eigenvalue weighted by atomic mass is 9.93. The quantitative estimate of drug-likeness (QED) is 0.752. The van der Waals surface area contributed by atoms with Crippen LogP contribution in [0.5, 0.6) is 0 Å². The molecule has 4 rings (SSSR count). The van der Waals surface area contributed by atoms with Gasteiger partial charge in [0.1, 0.15) is 0 Å². The Bertz CT molecular complexity index is 641. The van der Waals surface area contributed by atoms with E-state index < -0.39 is 0 Å². The van der Waals surface area contributed by atoms with E-state index in [2.05, 4.69) is 61.0 Å². The van der Waals surface area contributed by atoms with E-state index in [1.54, 1.807) is 0 Å². The molecule has 1 aromatic carbocycles. The van der Waals surface area contributed by atoms with E-state index >= 15 is 0 Å². The lowest BCUT2D eigenvalue weighted by Gasteiger charge is -2.38. The number of para-hydroxylation sites is 1. The van der Waals surface area contributed by atoms with Gasteiger partial charge in [0.25, 0.3) is 0 Å². The van der Waals surface area contributed by atoms with E-state index in [0.717, 1.165) is 25.6 Å². The monoisotopic (exact) mass is 367 g/mol. The molecule has 5 heteroatoms. The van der Waals surface area contributed by atoms with Gasteiger partial charge in [0.05, 0.1) is 0 Å². The molecule has 0 N–H and O–H groups in total. The number of aryl methyl sites for hydroxylation is 1. The van der Waals surface area contributed by atoms with Crippen molar-refractivity contribution in [1.82, 2.24) is 19.6 Å².